The number of hydrogen-bond acceptors (Lipinski definition) is 10. The second-order valence-corrected chi connectivity index (χ2v) is 8.46. The zero-order valence-electron chi connectivity index (χ0n) is 18.5. The summed E-state index contributed by atoms with van der Waals surface area (Å²) < 4.78 is 46.7. The Labute approximate surface area is 185 Å². The number of hydrogen-bond donors (Lipinski definition) is 0. The summed E-state index contributed by atoms with van der Waals surface area (Å²) in [7, 11) is 5.61. The first kappa shape index (κ1) is 22.3. The molecule has 10 heteroatoms. The standard InChI is InChI=1S/C22H28O10/c1-25-21(26-2)14(23)5-6-20(19-31-9-10-32-19)13-11-12(18-29-7-8-30-18)15(16(20)21)22(27-3,28-4)17(13)24/h5-6,11,13,15-16,18-19H,7-10H2,1-4H3/t13-,15-,16-,20+/m1/s1. The summed E-state index contributed by atoms with van der Waals surface area (Å²) in [6.45, 7) is 1.54. The normalized spacial score (nSPS) is 38.4. The van der Waals surface area contributed by atoms with Gasteiger partial charge in [0, 0.05) is 34.4 Å². The molecule has 2 heterocycles. The molecular formula is C22H28O10. The van der Waals surface area contributed by atoms with Gasteiger partial charge in [-0.3, -0.25) is 9.59 Å². The monoisotopic (exact) mass is 452 g/mol. The van der Waals surface area contributed by atoms with Crippen LogP contribution in [0.1, 0.15) is 0 Å². The zero-order valence-corrected chi connectivity index (χ0v) is 18.5. The number of methoxy groups -OCH3 is 4. The molecule has 6 aliphatic rings. The van der Waals surface area contributed by atoms with Gasteiger partial charge in [0.25, 0.3) is 0 Å². The maximum atomic E-state index is 13.9. The smallest absolute Gasteiger partial charge is 0.237 e. The molecule has 3 fully saturated rings. The summed E-state index contributed by atoms with van der Waals surface area (Å²) in [5.41, 5.74) is -0.447. The highest BCUT2D eigenvalue weighted by Crippen LogP contribution is 2.67. The van der Waals surface area contributed by atoms with Crippen molar-refractivity contribution in [3.05, 3.63) is 23.8 Å². The first-order chi connectivity index (χ1) is 15.5. The molecule has 0 amide bonds. The van der Waals surface area contributed by atoms with Gasteiger partial charge in [0.05, 0.1) is 43.7 Å². The van der Waals surface area contributed by atoms with Crippen LogP contribution in [0.3, 0.4) is 0 Å². The van der Waals surface area contributed by atoms with Crippen molar-refractivity contribution in [1.29, 1.82) is 0 Å². The van der Waals surface area contributed by atoms with E-state index in [4.69, 9.17) is 37.9 Å². The summed E-state index contributed by atoms with van der Waals surface area (Å²) >= 11 is 0. The zero-order chi connectivity index (χ0) is 22.7. The van der Waals surface area contributed by atoms with Crippen LogP contribution in [0.5, 0.6) is 0 Å². The van der Waals surface area contributed by atoms with E-state index in [0.29, 0.717) is 32.0 Å². The molecule has 6 rings (SSSR count). The summed E-state index contributed by atoms with van der Waals surface area (Å²) in [6, 6.07) is 0. The lowest BCUT2D eigenvalue weighted by molar-refractivity contribution is -0.333. The van der Waals surface area contributed by atoms with Crippen LogP contribution in [0.15, 0.2) is 23.8 Å². The van der Waals surface area contributed by atoms with E-state index in [-0.39, 0.29) is 5.78 Å². The molecule has 0 aromatic rings. The second kappa shape index (κ2) is 7.78. The van der Waals surface area contributed by atoms with E-state index in [9.17, 15) is 9.59 Å². The highest BCUT2D eigenvalue weighted by atomic mass is 16.7. The molecule has 0 aromatic heterocycles. The Balaban J connectivity index is 1.81. The molecule has 4 atom stereocenters. The number of ketones is 2. The van der Waals surface area contributed by atoms with Crippen LogP contribution in [0.4, 0.5) is 0 Å². The van der Waals surface area contributed by atoms with Crippen molar-refractivity contribution in [3.63, 3.8) is 0 Å². The number of allylic oxidation sites excluding steroid dienone is 1. The van der Waals surface area contributed by atoms with Crippen LogP contribution in [-0.2, 0) is 47.5 Å². The Kier molecular flexibility index (Phi) is 5.42. The Morgan fingerprint density at radius 3 is 1.97 bits per heavy atom. The first-order valence-corrected chi connectivity index (χ1v) is 10.6. The van der Waals surface area contributed by atoms with Crippen molar-refractivity contribution < 1.29 is 47.5 Å². The van der Waals surface area contributed by atoms with Crippen LogP contribution < -0.4 is 0 Å². The van der Waals surface area contributed by atoms with Crippen LogP contribution >= 0.6 is 0 Å². The van der Waals surface area contributed by atoms with Gasteiger partial charge in [-0.15, -0.1) is 0 Å². The van der Waals surface area contributed by atoms with Crippen molar-refractivity contribution in [1.82, 2.24) is 0 Å². The van der Waals surface area contributed by atoms with E-state index < -0.39 is 53.1 Å². The molecule has 0 unspecified atom stereocenters. The van der Waals surface area contributed by atoms with Gasteiger partial charge in [-0.1, -0.05) is 12.2 Å². The highest BCUT2D eigenvalue weighted by molar-refractivity contribution is 6.01. The topological polar surface area (TPSA) is 108 Å². The predicted molar refractivity (Wildman–Crippen MR) is 105 cm³/mol. The summed E-state index contributed by atoms with van der Waals surface area (Å²) in [4.78, 5) is 27.2. The van der Waals surface area contributed by atoms with Gasteiger partial charge >= 0.3 is 0 Å². The number of fused-ring (bicyclic) bond motifs is 1. The van der Waals surface area contributed by atoms with E-state index in [0.717, 1.165) is 0 Å². The van der Waals surface area contributed by atoms with E-state index in [1.807, 2.05) is 6.08 Å². The van der Waals surface area contributed by atoms with Crippen molar-refractivity contribution in [2.45, 2.75) is 24.2 Å². The molecular weight excluding hydrogens is 424 g/mol. The molecule has 1 saturated carbocycles. The fraction of sp³-hybridized carbons (Fsp3) is 0.727. The van der Waals surface area contributed by atoms with E-state index in [1.54, 1.807) is 6.08 Å². The van der Waals surface area contributed by atoms with Gasteiger partial charge in [-0.25, -0.2) is 0 Å². The largest absolute Gasteiger partial charge is 0.349 e. The molecule has 2 saturated heterocycles. The third-order valence-electron chi connectivity index (χ3n) is 7.58. The van der Waals surface area contributed by atoms with Crippen molar-refractivity contribution in [2.75, 3.05) is 54.9 Å². The van der Waals surface area contributed by atoms with Crippen molar-refractivity contribution in [3.8, 4) is 0 Å². The third-order valence-corrected chi connectivity index (χ3v) is 7.58. The first-order valence-electron chi connectivity index (χ1n) is 10.6. The molecule has 0 aromatic carbocycles. The molecule has 0 N–H and O–H groups in total. The molecule has 2 aliphatic heterocycles. The Morgan fingerprint density at radius 1 is 0.844 bits per heavy atom. The minimum atomic E-state index is -1.74. The minimum Gasteiger partial charge on any atom is -0.349 e. The van der Waals surface area contributed by atoms with Crippen LogP contribution in [-0.4, -0.2) is 90.6 Å². The number of carbonyl (C=O) groups excluding carboxylic acids is 2. The fourth-order valence-electron chi connectivity index (χ4n) is 6.34. The third kappa shape index (κ3) is 2.52. The molecule has 10 nitrogen and oxygen atoms in total. The predicted octanol–water partition coefficient (Wildman–Crippen LogP) is 0.207. The van der Waals surface area contributed by atoms with Crippen LogP contribution in [0.25, 0.3) is 0 Å². The number of rotatable bonds is 6. The Morgan fingerprint density at radius 2 is 1.41 bits per heavy atom. The van der Waals surface area contributed by atoms with Gasteiger partial charge in [-0.05, 0) is 11.6 Å². The number of carbonyl (C=O) groups is 2. The molecule has 32 heavy (non-hydrogen) atoms. The summed E-state index contributed by atoms with van der Waals surface area (Å²) in [6.07, 6.45) is 3.42. The van der Waals surface area contributed by atoms with E-state index in [1.165, 1.54) is 34.5 Å². The van der Waals surface area contributed by atoms with Crippen molar-refractivity contribution in [2.24, 2.45) is 23.2 Å². The quantitative estimate of drug-likeness (QED) is 0.410. The molecule has 2 bridgehead atoms. The Hall–Kier alpha value is -1.50. The SMILES string of the molecule is COC1(OC)C(=O)[C@H]2C=C(C3OCCO3)[C@@H]1[C@H]1C(OC)(OC)C(=O)C=C[C@]21C1OCCO1. The maximum absolute atomic E-state index is 13.9. The van der Waals surface area contributed by atoms with Crippen LogP contribution in [0, 0.1) is 23.2 Å². The average Bonchev–Trinajstić information content (AvgIpc) is 3.55. The summed E-state index contributed by atoms with van der Waals surface area (Å²) in [5, 5.41) is 0. The number of Topliss-reactive ketones (excluding diaryl/α,β-unsaturated/α-hetero) is 1. The molecule has 0 radical (unpaired) electrons. The second-order valence-electron chi connectivity index (χ2n) is 8.46. The molecule has 4 aliphatic carbocycles. The highest BCUT2D eigenvalue weighted by Gasteiger charge is 2.78. The van der Waals surface area contributed by atoms with Gasteiger partial charge in [0.1, 0.15) is 0 Å². The van der Waals surface area contributed by atoms with Gasteiger partial charge in [0.2, 0.25) is 17.4 Å². The van der Waals surface area contributed by atoms with E-state index in [2.05, 4.69) is 0 Å². The Bertz CT molecular complexity index is 845. The van der Waals surface area contributed by atoms with E-state index >= 15 is 0 Å². The van der Waals surface area contributed by atoms with Crippen molar-refractivity contribution >= 4 is 11.6 Å². The minimum absolute atomic E-state index is 0.301. The molecule has 0 spiro atoms. The van der Waals surface area contributed by atoms with Gasteiger partial charge < -0.3 is 37.9 Å². The molecule has 176 valence electrons. The lowest BCUT2D eigenvalue weighted by atomic mass is 9.44. The lowest BCUT2D eigenvalue weighted by Gasteiger charge is -2.64. The van der Waals surface area contributed by atoms with Crippen LogP contribution in [0.2, 0.25) is 0 Å². The van der Waals surface area contributed by atoms with Gasteiger partial charge in [-0.2, -0.15) is 0 Å². The fourth-order valence-corrected chi connectivity index (χ4v) is 6.34. The van der Waals surface area contributed by atoms with Gasteiger partial charge in [0.15, 0.2) is 18.4 Å². The average molecular weight is 452 g/mol. The maximum Gasteiger partial charge on any atom is 0.237 e. The lowest BCUT2D eigenvalue weighted by Crippen LogP contribution is -2.77. The number of ether oxygens (including phenoxy) is 8. The summed E-state index contributed by atoms with van der Waals surface area (Å²) in [5.74, 6) is -6.63.